The second-order valence-corrected chi connectivity index (χ2v) is 7.42. The summed E-state index contributed by atoms with van der Waals surface area (Å²) in [6.07, 6.45) is 0.719. The van der Waals surface area contributed by atoms with Gasteiger partial charge >= 0.3 is 5.97 Å². The molecule has 0 aromatic heterocycles. The van der Waals surface area contributed by atoms with Crippen LogP contribution in [-0.2, 0) is 16.0 Å². The van der Waals surface area contributed by atoms with Crippen LogP contribution in [-0.4, -0.2) is 36.9 Å². The topological polar surface area (TPSA) is 64.6 Å². The van der Waals surface area contributed by atoms with E-state index in [1.54, 1.807) is 13.0 Å². The first-order chi connectivity index (χ1) is 12.6. The minimum Gasteiger partial charge on any atom is -0.488 e. The number of para-hydroxylation sites is 1. The molecule has 0 spiro atoms. The molecule has 5 nitrogen and oxygen atoms in total. The molecule has 3 rings (SSSR count). The maximum absolute atomic E-state index is 12.6. The van der Waals surface area contributed by atoms with E-state index < -0.39 is 0 Å². The fourth-order valence-corrected chi connectivity index (χ4v) is 3.85. The minimum absolute atomic E-state index is 0.0647. The zero-order chi connectivity index (χ0) is 18.5. The van der Waals surface area contributed by atoms with Crippen LogP contribution in [0.25, 0.3) is 0 Å². The van der Waals surface area contributed by atoms with Crippen molar-refractivity contribution in [2.24, 2.45) is 0 Å². The van der Waals surface area contributed by atoms with Gasteiger partial charge in [0.25, 0.3) is 5.91 Å². The molecule has 136 valence electrons. The Hall–Kier alpha value is -2.47. The first-order valence-electron chi connectivity index (χ1n) is 8.44. The molecular formula is C20H21NO4S. The Bertz CT molecular complexity index is 783. The average molecular weight is 371 g/mol. The third-order valence-electron chi connectivity index (χ3n) is 4.17. The maximum Gasteiger partial charge on any atom is 0.318 e. The summed E-state index contributed by atoms with van der Waals surface area (Å²) < 4.78 is 10.6. The highest BCUT2D eigenvalue weighted by atomic mass is 32.2. The third kappa shape index (κ3) is 4.19. The number of hydrogen-bond donors (Lipinski definition) is 1. The number of amides is 1. The number of esters is 1. The zero-order valence-electron chi connectivity index (χ0n) is 14.7. The van der Waals surface area contributed by atoms with Crippen LogP contribution in [0.15, 0.2) is 53.4 Å². The van der Waals surface area contributed by atoms with Gasteiger partial charge in [0.15, 0.2) is 0 Å². The normalized spacial score (nSPS) is 16.3. The predicted octanol–water partition coefficient (Wildman–Crippen LogP) is 3.07. The molecule has 26 heavy (non-hydrogen) atoms. The number of carbonyl (C=O) groups excluding carboxylic acids is 2. The van der Waals surface area contributed by atoms with E-state index >= 15 is 0 Å². The van der Waals surface area contributed by atoms with Crippen molar-refractivity contribution in [2.75, 3.05) is 13.7 Å². The molecule has 1 amide bonds. The van der Waals surface area contributed by atoms with E-state index in [1.165, 1.54) is 18.9 Å². The fourth-order valence-electron chi connectivity index (χ4n) is 2.83. The van der Waals surface area contributed by atoms with Crippen molar-refractivity contribution in [2.45, 2.75) is 29.6 Å². The molecule has 2 aromatic rings. The Morgan fingerprint density at radius 2 is 1.96 bits per heavy atom. The molecule has 0 unspecified atom stereocenters. The molecule has 0 saturated carbocycles. The smallest absolute Gasteiger partial charge is 0.318 e. The summed E-state index contributed by atoms with van der Waals surface area (Å²) in [4.78, 5) is 25.0. The van der Waals surface area contributed by atoms with Gasteiger partial charge in [-0.2, -0.15) is 0 Å². The van der Waals surface area contributed by atoms with E-state index in [1.807, 2.05) is 42.5 Å². The molecule has 0 radical (unpaired) electrons. The number of thioether (sulfide) groups is 1. The summed E-state index contributed by atoms with van der Waals surface area (Å²) in [5.41, 5.74) is 1.71. The average Bonchev–Trinajstić information content (AvgIpc) is 3.08. The molecule has 1 aliphatic rings. The lowest BCUT2D eigenvalue weighted by atomic mass is 10.1. The first kappa shape index (κ1) is 18.3. The molecule has 6 heteroatoms. The van der Waals surface area contributed by atoms with Gasteiger partial charge in [-0.25, -0.2) is 0 Å². The number of fused-ring (bicyclic) bond motifs is 1. The molecule has 0 aliphatic carbocycles. The van der Waals surface area contributed by atoms with Crippen LogP contribution < -0.4 is 10.1 Å². The molecule has 0 fully saturated rings. The number of benzene rings is 2. The number of ether oxygens (including phenoxy) is 2. The quantitative estimate of drug-likeness (QED) is 0.624. The van der Waals surface area contributed by atoms with E-state index in [0.29, 0.717) is 12.1 Å². The van der Waals surface area contributed by atoms with Crippen molar-refractivity contribution in [3.05, 3.63) is 59.7 Å². The van der Waals surface area contributed by atoms with Crippen molar-refractivity contribution >= 4 is 23.6 Å². The summed E-state index contributed by atoms with van der Waals surface area (Å²) in [5, 5.41) is 2.55. The van der Waals surface area contributed by atoms with E-state index in [4.69, 9.17) is 9.47 Å². The number of rotatable bonds is 6. The van der Waals surface area contributed by atoms with E-state index in [9.17, 15) is 9.59 Å². The van der Waals surface area contributed by atoms with Crippen LogP contribution >= 0.6 is 11.8 Å². The van der Waals surface area contributed by atoms with Gasteiger partial charge in [-0.1, -0.05) is 30.3 Å². The van der Waals surface area contributed by atoms with E-state index in [0.717, 1.165) is 22.6 Å². The van der Waals surface area contributed by atoms with Gasteiger partial charge in [-0.05, 0) is 30.7 Å². The predicted molar refractivity (Wildman–Crippen MR) is 101 cm³/mol. The summed E-state index contributed by atoms with van der Waals surface area (Å²) in [6, 6.07) is 15.2. The van der Waals surface area contributed by atoms with Crippen LogP contribution in [0.2, 0.25) is 0 Å². The van der Waals surface area contributed by atoms with Crippen molar-refractivity contribution in [3.8, 4) is 5.75 Å². The van der Waals surface area contributed by atoms with Crippen molar-refractivity contribution in [3.63, 3.8) is 0 Å². The largest absolute Gasteiger partial charge is 0.488 e. The lowest BCUT2D eigenvalue weighted by molar-refractivity contribution is -0.139. The highest BCUT2D eigenvalue weighted by Crippen LogP contribution is 2.29. The molecule has 2 aromatic carbocycles. The van der Waals surface area contributed by atoms with Gasteiger partial charge in [0.05, 0.1) is 19.2 Å². The number of hydrogen-bond acceptors (Lipinski definition) is 5. The highest BCUT2D eigenvalue weighted by Gasteiger charge is 2.24. The second kappa shape index (κ2) is 8.27. The van der Waals surface area contributed by atoms with Gasteiger partial charge in [-0.3, -0.25) is 9.59 Å². The van der Waals surface area contributed by atoms with Crippen LogP contribution in [0.3, 0.4) is 0 Å². The van der Waals surface area contributed by atoms with Crippen LogP contribution in [0.4, 0.5) is 0 Å². The number of carbonyl (C=O) groups is 2. The maximum atomic E-state index is 12.6. The second-order valence-electron chi connectivity index (χ2n) is 6.04. The van der Waals surface area contributed by atoms with Crippen molar-refractivity contribution in [1.82, 2.24) is 5.32 Å². The Morgan fingerprint density at radius 3 is 2.73 bits per heavy atom. The minimum atomic E-state index is -0.387. The molecular weight excluding hydrogens is 350 g/mol. The molecule has 0 saturated heterocycles. The Morgan fingerprint density at radius 1 is 1.23 bits per heavy atom. The summed E-state index contributed by atoms with van der Waals surface area (Å²) in [5.74, 6) is 0.390. The van der Waals surface area contributed by atoms with Gasteiger partial charge < -0.3 is 14.8 Å². The standard InChI is InChI=1S/C20H21NO4S/c1-13(20(23)24-2)26-18-10-6-4-8-16(18)19(22)21-12-15-11-14-7-3-5-9-17(14)25-15/h3-10,13,15H,11-12H2,1-2H3,(H,21,22)/t13-,15-/m1/s1. The molecule has 1 aliphatic heterocycles. The fraction of sp³-hybridized carbons (Fsp3) is 0.300. The van der Waals surface area contributed by atoms with E-state index in [-0.39, 0.29) is 23.2 Å². The molecule has 2 atom stereocenters. The highest BCUT2D eigenvalue weighted by molar-refractivity contribution is 8.00. The number of methoxy groups -OCH3 is 1. The van der Waals surface area contributed by atoms with Gasteiger partial charge in [0.1, 0.15) is 17.1 Å². The summed E-state index contributed by atoms with van der Waals surface area (Å²) in [6.45, 7) is 2.19. The van der Waals surface area contributed by atoms with Crippen LogP contribution in [0.5, 0.6) is 5.75 Å². The van der Waals surface area contributed by atoms with Crippen molar-refractivity contribution < 1.29 is 19.1 Å². The lowest BCUT2D eigenvalue weighted by Gasteiger charge is -2.15. The van der Waals surface area contributed by atoms with Gasteiger partial charge in [0, 0.05) is 11.3 Å². The molecule has 0 bridgehead atoms. The Labute approximate surface area is 157 Å². The summed E-state index contributed by atoms with van der Waals surface area (Å²) in [7, 11) is 1.36. The van der Waals surface area contributed by atoms with Gasteiger partial charge in [0.2, 0.25) is 0 Å². The Kier molecular flexibility index (Phi) is 5.83. The van der Waals surface area contributed by atoms with E-state index in [2.05, 4.69) is 5.32 Å². The lowest BCUT2D eigenvalue weighted by Crippen LogP contribution is -2.34. The number of nitrogens with one attached hydrogen (secondary N) is 1. The van der Waals surface area contributed by atoms with Crippen LogP contribution in [0.1, 0.15) is 22.8 Å². The SMILES string of the molecule is COC(=O)[C@@H](C)Sc1ccccc1C(=O)NC[C@H]1Cc2ccccc2O1. The van der Waals surface area contributed by atoms with Crippen LogP contribution in [0, 0.1) is 0 Å². The molecule has 1 N–H and O–H groups in total. The summed E-state index contributed by atoms with van der Waals surface area (Å²) >= 11 is 1.31. The van der Waals surface area contributed by atoms with Gasteiger partial charge in [-0.15, -0.1) is 11.8 Å². The third-order valence-corrected chi connectivity index (χ3v) is 5.33. The molecule has 1 heterocycles. The zero-order valence-corrected chi connectivity index (χ0v) is 15.5. The van der Waals surface area contributed by atoms with Crippen molar-refractivity contribution in [1.29, 1.82) is 0 Å². The monoisotopic (exact) mass is 371 g/mol. The first-order valence-corrected chi connectivity index (χ1v) is 9.32. The Balaban J connectivity index is 1.61.